The third-order valence-electron chi connectivity index (χ3n) is 5.57. The number of nitrogens with zero attached hydrogens (tertiary/aromatic N) is 1. The summed E-state index contributed by atoms with van der Waals surface area (Å²) in [7, 11) is 0. The Morgan fingerprint density at radius 2 is 2.00 bits per heavy atom. The van der Waals surface area contributed by atoms with Crippen LogP contribution in [-0.4, -0.2) is 55.5 Å². The monoisotopic (exact) mass is 355 g/mol. The van der Waals surface area contributed by atoms with Gasteiger partial charge in [0, 0.05) is 32.2 Å². The molecule has 26 heavy (non-hydrogen) atoms. The number of para-hydroxylation sites is 1. The molecule has 3 heterocycles. The Hall–Kier alpha value is -2.34. The Balaban J connectivity index is 1.62. The third-order valence-corrected chi connectivity index (χ3v) is 5.57. The van der Waals surface area contributed by atoms with Gasteiger partial charge >= 0.3 is 0 Å². The third kappa shape index (κ3) is 3.21. The van der Waals surface area contributed by atoms with Crippen LogP contribution >= 0.6 is 0 Å². The molecule has 4 rings (SSSR count). The van der Waals surface area contributed by atoms with Gasteiger partial charge in [0.25, 0.3) is 5.91 Å². The van der Waals surface area contributed by atoms with Crippen molar-refractivity contribution in [1.82, 2.24) is 15.5 Å². The first-order chi connectivity index (χ1) is 12.7. The topological polar surface area (TPSA) is 70.7 Å². The van der Waals surface area contributed by atoms with E-state index in [0.717, 1.165) is 25.8 Å². The van der Waals surface area contributed by atoms with Gasteiger partial charge in [-0.25, -0.2) is 0 Å². The molecule has 1 aromatic rings. The second-order valence-electron chi connectivity index (χ2n) is 7.43. The Kier molecular flexibility index (Phi) is 4.68. The van der Waals surface area contributed by atoms with E-state index in [1.165, 1.54) is 0 Å². The molecule has 1 aromatic carbocycles. The lowest BCUT2D eigenvalue weighted by atomic mass is 9.76. The van der Waals surface area contributed by atoms with Crippen molar-refractivity contribution >= 4 is 11.8 Å². The van der Waals surface area contributed by atoms with E-state index in [4.69, 9.17) is 4.74 Å². The number of ether oxygens (including phenoxy) is 1. The van der Waals surface area contributed by atoms with Gasteiger partial charge in [0.2, 0.25) is 5.91 Å². The van der Waals surface area contributed by atoms with Crippen LogP contribution in [0.2, 0.25) is 0 Å². The molecule has 2 amide bonds. The molecule has 6 nitrogen and oxygen atoms in total. The van der Waals surface area contributed by atoms with E-state index in [0.29, 0.717) is 37.6 Å². The fourth-order valence-corrected chi connectivity index (χ4v) is 3.98. The summed E-state index contributed by atoms with van der Waals surface area (Å²) < 4.78 is 5.79. The van der Waals surface area contributed by atoms with Crippen LogP contribution in [0.4, 0.5) is 0 Å². The highest BCUT2D eigenvalue weighted by atomic mass is 16.5. The lowest BCUT2D eigenvalue weighted by molar-refractivity contribution is -0.146. The van der Waals surface area contributed by atoms with Crippen LogP contribution in [0, 0.1) is 5.41 Å². The maximum atomic E-state index is 13.1. The quantitative estimate of drug-likeness (QED) is 0.689. The van der Waals surface area contributed by atoms with Gasteiger partial charge in [0.05, 0.1) is 11.0 Å². The fourth-order valence-electron chi connectivity index (χ4n) is 3.98. The zero-order valence-electron chi connectivity index (χ0n) is 14.9. The number of nitrogens with one attached hydrogen (secondary N) is 2. The van der Waals surface area contributed by atoms with Crippen molar-refractivity contribution < 1.29 is 14.3 Å². The first kappa shape index (κ1) is 17.1. The summed E-state index contributed by atoms with van der Waals surface area (Å²) in [6, 6.07) is 7.29. The van der Waals surface area contributed by atoms with Gasteiger partial charge in [-0.3, -0.25) is 9.59 Å². The number of rotatable bonds is 0. The van der Waals surface area contributed by atoms with Crippen molar-refractivity contribution in [3.8, 4) is 5.75 Å². The highest BCUT2D eigenvalue weighted by molar-refractivity contribution is 5.97. The number of amides is 2. The molecule has 3 aliphatic rings. The van der Waals surface area contributed by atoms with Crippen LogP contribution in [0.25, 0.3) is 0 Å². The van der Waals surface area contributed by atoms with Crippen LogP contribution in [0.1, 0.15) is 29.6 Å². The lowest BCUT2D eigenvalue weighted by Gasteiger charge is -2.45. The summed E-state index contributed by atoms with van der Waals surface area (Å²) >= 11 is 0. The number of allylic oxidation sites excluding steroid dienone is 1. The SMILES string of the molecule is O=C1N[C@H]2CCCN(C2)C(=O)C2(C/C=C\COc3ccccc31)CNC2. The second-order valence-corrected chi connectivity index (χ2v) is 7.43. The minimum atomic E-state index is -0.343. The van der Waals surface area contributed by atoms with Gasteiger partial charge in [0.15, 0.2) is 0 Å². The molecule has 2 bridgehead atoms. The summed E-state index contributed by atoms with van der Waals surface area (Å²) in [5.74, 6) is 0.662. The van der Waals surface area contributed by atoms with E-state index in [9.17, 15) is 9.59 Å². The maximum Gasteiger partial charge on any atom is 0.255 e. The van der Waals surface area contributed by atoms with Crippen LogP contribution in [0.3, 0.4) is 0 Å². The molecule has 1 spiro atoms. The number of piperidine rings is 1. The van der Waals surface area contributed by atoms with Gasteiger partial charge in [-0.2, -0.15) is 0 Å². The van der Waals surface area contributed by atoms with Crippen molar-refractivity contribution in [1.29, 1.82) is 0 Å². The first-order valence-electron chi connectivity index (χ1n) is 9.36. The molecule has 2 saturated heterocycles. The van der Waals surface area contributed by atoms with E-state index in [1.807, 2.05) is 35.3 Å². The molecule has 138 valence electrons. The molecular weight excluding hydrogens is 330 g/mol. The zero-order chi connectivity index (χ0) is 18.0. The summed E-state index contributed by atoms with van der Waals surface area (Å²) in [4.78, 5) is 27.8. The Morgan fingerprint density at radius 1 is 1.15 bits per heavy atom. The number of carbonyl (C=O) groups excluding carboxylic acids is 2. The van der Waals surface area contributed by atoms with Crippen molar-refractivity contribution in [3.05, 3.63) is 42.0 Å². The molecule has 0 radical (unpaired) electrons. The maximum absolute atomic E-state index is 13.1. The number of carbonyl (C=O) groups is 2. The highest BCUT2D eigenvalue weighted by Crippen LogP contribution is 2.32. The summed E-state index contributed by atoms with van der Waals surface area (Å²) in [6.45, 7) is 3.17. The van der Waals surface area contributed by atoms with Crippen molar-refractivity contribution in [3.63, 3.8) is 0 Å². The summed E-state index contributed by atoms with van der Waals surface area (Å²) in [6.07, 6.45) is 6.50. The van der Waals surface area contributed by atoms with E-state index in [1.54, 1.807) is 6.07 Å². The van der Waals surface area contributed by atoms with Crippen LogP contribution in [-0.2, 0) is 4.79 Å². The molecule has 2 fully saturated rings. The van der Waals surface area contributed by atoms with Gasteiger partial charge in [-0.05, 0) is 31.4 Å². The number of hydrogen-bond acceptors (Lipinski definition) is 4. The van der Waals surface area contributed by atoms with Gasteiger partial charge in [0.1, 0.15) is 12.4 Å². The molecule has 0 saturated carbocycles. The van der Waals surface area contributed by atoms with Crippen LogP contribution < -0.4 is 15.4 Å². The fraction of sp³-hybridized carbons (Fsp3) is 0.500. The molecule has 3 aliphatic heterocycles. The largest absolute Gasteiger partial charge is 0.489 e. The van der Waals surface area contributed by atoms with Crippen molar-refractivity contribution in [2.24, 2.45) is 5.41 Å². The Morgan fingerprint density at radius 3 is 2.81 bits per heavy atom. The van der Waals surface area contributed by atoms with Crippen LogP contribution in [0.5, 0.6) is 5.75 Å². The van der Waals surface area contributed by atoms with E-state index >= 15 is 0 Å². The van der Waals surface area contributed by atoms with E-state index < -0.39 is 0 Å². The number of benzene rings is 1. The molecule has 0 unspecified atom stereocenters. The van der Waals surface area contributed by atoms with Crippen molar-refractivity contribution in [2.75, 3.05) is 32.8 Å². The highest BCUT2D eigenvalue weighted by Gasteiger charge is 2.46. The molecule has 0 aliphatic carbocycles. The molecule has 2 N–H and O–H groups in total. The van der Waals surface area contributed by atoms with Gasteiger partial charge in [-0.1, -0.05) is 24.3 Å². The molecule has 0 aromatic heterocycles. The average Bonchev–Trinajstić information content (AvgIpc) is 2.62. The molecule has 1 atom stereocenters. The normalized spacial score (nSPS) is 26.8. The van der Waals surface area contributed by atoms with Crippen LogP contribution in [0.15, 0.2) is 36.4 Å². The first-order valence-corrected chi connectivity index (χ1v) is 9.36. The average molecular weight is 355 g/mol. The molecule has 6 heteroatoms. The minimum Gasteiger partial charge on any atom is -0.489 e. The summed E-state index contributed by atoms with van der Waals surface area (Å²) in [5, 5.41) is 6.34. The summed E-state index contributed by atoms with van der Waals surface area (Å²) in [5.41, 5.74) is 0.200. The lowest BCUT2D eigenvalue weighted by Crippen LogP contribution is -2.63. The minimum absolute atomic E-state index is 0.0168. The second kappa shape index (κ2) is 7.11. The van der Waals surface area contributed by atoms with Gasteiger partial charge < -0.3 is 20.3 Å². The predicted octanol–water partition coefficient (Wildman–Crippen LogP) is 1.34. The Bertz CT molecular complexity index is 727. The van der Waals surface area contributed by atoms with E-state index in [2.05, 4.69) is 10.6 Å². The van der Waals surface area contributed by atoms with Gasteiger partial charge in [-0.15, -0.1) is 0 Å². The predicted molar refractivity (Wildman–Crippen MR) is 98.1 cm³/mol. The zero-order valence-corrected chi connectivity index (χ0v) is 14.9. The van der Waals surface area contributed by atoms with E-state index in [-0.39, 0.29) is 23.3 Å². The molecular formula is C20H25N3O3. The standard InChI is InChI=1S/C20H25N3O3/c24-18-16-7-1-2-8-17(16)26-11-4-3-9-20(13-21-14-20)19(25)23-10-5-6-15(12-23)22-18/h1-4,7-8,15,21H,5-6,9-14H2,(H,22,24)/b4-3-/t15-/m0/s1. The van der Waals surface area contributed by atoms with Crippen molar-refractivity contribution in [2.45, 2.75) is 25.3 Å². The Labute approximate surface area is 153 Å². The number of hydrogen-bond donors (Lipinski definition) is 2. The number of fused-ring (bicyclic) bond motifs is 3. The smallest absolute Gasteiger partial charge is 0.255 e.